The zero-order chi connectivity index (χ0) is 35.4. The van der Waals surface area contributed by atoms with Gasteiger partial charge in [0.25, 0.3) is 0 Å². The van der Waals surface area contributed by atoms with Gasteiger partial charge < -0.3 is 0 Å². The van der Waals surface area contributed by atoms with Crippen molar-refractivity contribution in [1.82, 2.24) is 0 Å². The van der Waals surface area contributed by atoms with Crippen molar-refractivity contribution >= 4 is 109 Å². The number of rotatable bonds is 30. The van der Waals surface area contributed by atoms with Crippen LogP contribution in [0.2, 0.25) is 0 Å². The van der Waals surface area contributed by atoms with Crippen LogP contribution in [0.3, 0.4) is 0 Å². The van der Waals surface area contributed by atoms with E-state index in [1.807, 2.05) is 0 Å². The molecule has 16 heteroatoms. The Morgan fingerprint density at radius 2 is 0.630 bits per heavy atom. The van der Waals surface area contributed by atoms with E-state index in [0.717, 1.165) is 55.8 Å². The molecule has 0 rings (SSSR count). The quantitative estimate of drug-likeness (QED) is 0.0645. The normalized spacial score (nSPS) is 16.6. The minimum absolute atomic E-state index is 0.492. The molecule has 3 atom stereocenters. The van der Waals surface area contributed by atoms with E-state index in [2.05, 4.69) is 83.1 Å². The van der Waals surface area contributed by atoms with Crippen molar-refractivity contribution in [3.8, 4) is 0 Å². The number of hydrogen-bond donors (Lipinski definition) is 0. The Labute approximate surface area is 322 Å². The third kappa shape index (κ3) is 28.2. The predicted molar refractivity (Wildman–Crippen MR) is 224 cm³/mol. The third-order valence-electron chi connectivity index (χ3n) is 6.31. The topological polar surface area (TPSA) is 55.4 Å². The molecule has 0 amide bonds. The summed E-state index contributed by atoms with van der Waals surface area (Å²) in [7, 11) is 0. The molecule has 276 valence electrons. The minimum atomic E-state index is -4.07. The molecule has 0 fully saturated rings. The molecule has 0 aliphatic carbocycles. The SMILES string of the molecule is CC(C)CCOP(=S)([O][In]([O]P(=S)(OCCC(C)C)SCCC(C)C)[O]P(=S)(OCCC(C)C)SCCC(C)C)SCCC(C)C. The Kier molecular flexibility index (Phi) is 29.4. The van der Waals surface area contributed by atoms with Crippen molar-refractivity contribution in [1.29, 1.82) is 0 Å². The second-order valence-electron chi connectivity index (χ2n) is 14.0. The summed E-state index contributed by atoms with van der Waals surface area (Å²) in [5, 5.41) is 0. The van der Waals surface area contributed by atoms with Crippen molar-refractivity contribution in [2.75, 3.05) is 37.1 Å². The molecule has 0 heterocycles. The van der Waals surface area contributed by atoms with Gasteiger partial charge in [-0.3, -0.25) is 0 Å². The molecule has 0 N–H and O–H groups in total. The maximum atomic E-state index is 6.87. The van der Waals surface area contributed by atoms with Crippen LogP contribution in [0, 0.1) is 35.5 Å². The van der Waals surface area contributed by atoms with Gasteiger partial charge in [-0.25, -0.2) is 0 Å². The van der Waals surface area contributed by atoms with Crippen LogP contribution in [0.5, 0.6) is 0 Å². The summed E-state index contributed by atoms with van der Waals surface area (Å²) < 4.78 is 40.0. The van der Waals surface area contributed by atoms with Gasteiger partial charge in [0.05, 0.1) is 0 Å². The number of hydrogen-bond acceptors (Lipinski definition) is 12. The summed E-state index contributed by atoms with van der Waals surface area (Å²) in [6.07, 6.45) is 5.75. The second kappa shape index (κ2) is 27.2. The summed E-state index contributed by atoms with van der Waals surface area (Å²) >= 11 is 19.4. The summed E-state index contributed by atoms with van der Waals surface area (Å²) in [5.74, 6) is 5.67. The molecule has 0 aromatic carbocycles. The maximum absolute atomic E-state index is 6.87. The van der Waals surface area contributed by atoms with Crippen LogP contribution in [-0.2, 0) is 56.9 Å². The van der Waals surface area contributed by atoms with Crippen LogP contribution in [0.1, 0.15) is 122 Å². The summed E-state index contributed by atoms with van der Waals surface area (Å²) in [6.45, 7) is 28.0. The molecule has 46 heavy (non-hydrogen) atoms. The molecule has 0 aliphatic rings. The fourth-order valence-corrected chi connectivity index (χ4v) is 38.8. The Morgan fingerprint density at radius 1 is 0.413 bits per heavy atom. The van der Waals surface area contributed by atoms with E-state index in [0.29, 0.717) is 55.3 Å². The van der Waals surface area contributed by atoms with Gasteiger partial charge in [-0.1, -0.05) is 0 Å². The molecule has 0 aliphatic heterocycles. The zero-order valence-electron chi connectivity index (χ0n) is 30.8. The van der Waals surface area contributed by atoms with Crippen molar-refractivity contribution in [2.24, 2.45) is 35.5 Å². The molecule has 0 spiro atoms. The van der Waals surface area contributed by atoms with Gasteiger partial charge >= 0.3 is 325 Å². The molecular formula is C30H66InO6P3S6. The van der Waals surface area contributed by atoms with E-state index >= 15 is 0 Å². The van der Waals surface area contributed by atoms with Crippen LogP contribution in [0.15, 0.2) is 0 Å². The van der Waals surface area contributed by atoms with E-state index in [-0.39, 0.29) is 0 Å². The first-order chi connectivity index (χ1) is 21.3. The van der Waals surface area contributed by atoms with Gasteiger partial charge in [-0.15, -0.1) is 0 Å². The first-order valence-corrected chi connectivity index (χ1v) is 33.7. The average molecular weight is 923 g/mol. The molecular weight excluding hydrogens is 856 g/mol. The van der Waals surface area contributed by atoms with Gasteiger partial charge in [-0.05, 0) is 0 Å². The van der Waals surface area contributed by atoms with Crippen LogP contribution >= 0.6 is 51.2 Å². The molecule has 0 radical (unpaired) electrons. The van der Waals surface area contributed by atoms with E-state index < -0.39 is 39.8 Å². The molecule has 6 nitrogen and oxygen atoms in total. The predicted octanol–water partition coefficient (Wildman–Crippen LogP) is 13.2. The fourth-order valence-electron chi connectivity index (χ4n) is 3.07. The molecule has 0 aromatic rings. The molecule has 0 aromatic heterocycles. The third-order valence-corrected chi connectivity index (χ3v) is 42.0. The Hall–Kier alpha value is 3.63. The molecule has 0 bridgehead atoms. The summed E-state index contributed by atoms with van der Waals surface area (Å²) in [4.78, 5) is 0. The van der Waals surface area contributed by atoms with Crippen molar-refractivity contribution < 1.29 is 21.5 Å². The van der Waals surface area contributed by atoms with Crippen LogP contribution in [0.4, 0.5) is 0 Å². The summed E-state index contributed by atoms with van der Waals surface area (Å²) in [6, 6.07) is 0. The first kappa shape index (κ1) is 49.6. The molecule has 0 saturated carbocycles. The van der Waals surface area contributed by atoms with Crippen LogP contribution in [0.25, 0.3) is 0 Å². The van der Waals surface area contributed by atoms with Gasteiger partial charge in [0, 0.05) is 0 Å². The Bertz CT molecular complexity index is 761. The zero-order valence-corrected chi connectivity index (χ0v) is 41.6. The average Bonchev–Trinajstić information content (AvgIpc) is 2.87. The van der Waals surface area contributed by atoms with Crippen molar-refractivity contribution in [3.05, 3.63) is 0 Å². The van der Waals surface area contributed by atoms with Gasteiger partial charge in [-0.2, -0.15) is 0 Å². The van der Waals surface area contributed by atoms with Crippen molar-refractivity contribution in [3.63, 3.8) is 0 Å². The monoisotopic (exact) mass is 922 g/mol. The Balaban J connectivity index is 6.55. The van der Waals surface area contributed by atoms with Crippen LogP contribution in [-0.4, -0.2) is 59.8 Å². The van der Waals surface area contributed by atoms with Gasteiger partial charge in [0.1, 0.15) is 0 Å². The fraction of sp³-hybridized carbons (Fsp3) is 1.00. The Morgan fingerprint density at radius 3 is 0.826 bits per heavy atom. The van der Waals surface area contributed by atoms with Crippen molar-refractivity contribution in [2.45, 2.75) is 122 Å². The van der Waals surface area contributed by atoms with Crippen LogP contribution < -0.4 is 0 Å². The molecule has 3 unspecified atom stereocenters. The van der Waals surface area contributed by atoms with Gasteiger partial charge in [0.2, 0.25) is 0 Å². The molecule has 0 saturated heterocycles. The van der Waals surface area contributed by atoms with E-state index in [4.69, 9.17) is 56.9 Å². The van der Waals surface area contributed by atoms with Gasteiger partial charge in [0.15, 0.2) is 0 Å². The first-order valence-electron chi connectivity index (χ1n) is 17.0. The van der Waals surface area contributed by atoms with E-state index in [1.54, 1.807) is 34.1 Å². The standard InChI is InChI=1S/3C10H23O2PS2.In/c3*1-9(2)5-7-12-13(11,14)15-8-6-10(3)4;/h3*9-10H,5-8H2,1-4H3,(H,11,14);/q;;;+3/p-3. The van der Waals surface area contributed by atoms with E-state index in [1.165, 1.54) is 0 Å². The summed E-state index contributed by atoms with van der Waals surface area (Å²) in [5.41, 5.74) is -8.46. The van der Waals surface area contributed by atoms with E-state index in [9.17, 15) is 0 Å². The second-order valence-corrected chi connectivity index (χ2v) is 40.3.